The topological polar surface area (TPSA) is 190 Å². The van der Waals surface area contributed by atoms with Crippen molar-refractivity contribution in [2.75, 3.05) is 33.8 Å². The van der Waals surface area contributed by atoms with Gasteiger partial charge in [-0.15, -0.1) is 5.10 Å². The zero-order valence-corrected chi connectivity index (χ0v) is 25.6. The van der Waals surface area contributed by atoms with E-state index >= 15 is 0 Å². The van der Waals surface area contributed by atoms with E-state index in [9.17, 15) is 30.0 Å². The quantitative estimate of drug-likeness (QED) is 0.152. The molecule has 7 N–H and O–H groups in total. The lowest BCUT2D eigenvalue weighted by atomic mass is 9.98. The standard InChI is InChI=1S/C30H45N5O8/c1-17(2)23-20(27(34-33-23)43-28-26(40)25(39)24(38)21(16-36)42-28)15-19-9-7-18(8-10-19)11-12-22(37)32-30(3,4)29(41)31-13-14-35(5)6/h7-12,17,21,24-26,28,36,38-40H,13-16H2,1-6H3,(H,31,41)(H,32,37)(H,33,34)/t21-,24-,25+,26-,28+/m1/s1. The van der Waals surface area contributed by atoms with Crippen LogP contribution in [0.2, 0.25) is 0 Å². The Bertz CT molecular complexity index is 1240. The monoisotopic (exact) mass is 603 g/mol. The molecule has 1 aromatic carbocycles. The Balaban J connectivity index is 1.66. The molecule has 0 aliphatic carbocycles. The zero-order chi connectivity index (χ0) is 31.9. The van der Waals surface area contributed by atoms with E-state index in [1.54, 1.807) is 19.9 Å². The third kappa shape index (κ3) is 9.08. The second kappa shape index (κ2) is 14.9. The maximum atomic E-state index is 12.5. The molecule has 2 aromatic rings. The van der Waals surface area contributed by atoms with Crippen molar-refractivity contribution in [2.45, 2.75) is 76.3 Å². The van der Waals surface area contributed by atoms with Gasteiger partial charge in [0, 0.05) is 36.8 Å². The number of nitrogens with one attached hydrogen (secondary N) is 3. The van der Waals surface area contributed by atoms with E-state index in [1.165, 1.54) is 6.08 Å². The highest BCUT2D eigenvalue weighted by molar-refractivity contribution is 5.97. The first-order chi connectivity index (χ1) is 20.2. The first-order valence-corrected chi connectivity index (χ1v) is 14.3. The maximum absolute atomic E-state index is 12.5. The minimum Gasteiger partial charge on any atom is -0.443 e. The number of likely N-dealkylation sites (N-methyl/N-ethyl adjacent to an activating group) is 1. The summed E-state index contributed by atoms with van der Waals surface area (Å²) in [6.07, 6.45) is -3.63. The van der Waals surface area contributed by atoms with Crippen molar-refractivity contribution in [1.29, 1.82) is 0 Å². The number of ether oxygens (including phenoxy) is 2. The first-order valence-electron chi connectivity index (χ1n) is 14.3. The number of nitrogens with zero attached hydrogens (tertiary/aromatic N) is 2. The number of aliphatic hydroxyl groups excluding tert-OH is 4. The minimum absolute atomic E-state index is 0.0645. The third-order valence-electron chi connectivity index (χ3n) is 7.15. The fourth-order valence-electron chi connectivity index (χ4n) is 4.52. The highest BCUT2D eigenvalue weighted by atomic mass is 16.7. The van der Waals surface area contributed by atoms with Crippen LogP contribution in [0.3, 0.4) is 0 Å². The molecule has 1 saturated heterocycles. The van der Waals surface area contributed by atoms with Gasteiger partial charge in [-0.05, 0) is 51.1 Å². The second-order valence-corrected chi connectivity index (χ2v) is 11.8. The average molecular weight is 604 g/mol. The van der Waals surface area contributed by atoms with Crippen LogP contribution < -0.4 is 15.4 Å². The Morgan fingerprint density at radius 1 is 1.14 bits per heavy atom. The highest BCUT2D eigenvalue weighted by Gasteiger charge is 2.45. The van der Waals surface area contributed by atoms with Crippen molar-refractivity contribution in [3.63, 3.8) is 0 Å². The van der Waals surface area contributed by atoms with Crippen molar-refractivity contribution in [1.82, 2.24) is 25.7 Å². The van der Waals surface area contributed by atoms with Crippen LogP contribution in [-0.4, -0.2) is 117 Å². The summed E-state index contributed by atoms with van der Waals surface area (Å²) in [6.45, 7) is 7.88. The number of aliphatic hydroxyl groups is 4. The van der Waals surface area contributed by atoms with Crippen LogP contribution in [0.4, 0.5) is 0 Å². The molecular weight excluding hydrogens is 558 g/mol. The van der Waals surface area contributed by atoms with Gasteiger partial charge in [0.15, 0.2) is 0 Å². The molecule has 1 aromatic heterocycles. The molecule has 1 aliphatic rings. The number of aromatic nitrogens is 2. The first kappa shape index (κ1) is 34.2. The van der Waals surface area contributed by atoms with Gasteiger partial charge in [-0.2, -0.15) is 0 Å². The van der Waals surface area contributed by atoms with Crippen molar-refractivity contribution >= 4 is 17.9 Å². The van der Waals surface area contributed by atoms with Gasteiger partial charge in [-0.1, -0.05) is 38.1 Å². The fourth-order valence-corrected chi connectivity index (χ4v) is 4.52. The largest absolute Gasteiger partial charge is 0.443 e. The van der Waals surface area contributed by atoms with Crippen LogP contribution in [0.15, 0.2) is 30.3 Å². The Labute approximate surface area is 251 Å². The SMILES string of the molecule is CC(C)c1[nH]nc(O[C@@H]2O[C@H](CO)[C@@H](O)[C@H](O)[C@H]2O)c1Cc1ccc(C=CC(=O)NC(C)(C)C(=O)NCCN(C)C)cc1. The van der Waals surface area contributed by atoms with Gasteiger partial charge in [0.25, 0.3) is 0 Å². The number of H-pyrrole nitrogens is 1. The molecule has 1 aliphatic heterocycles. The fraction of sp³-hybridized carbons (Fsp3) is 0.567. The summed E-state index contributed by atoms with van der Waals surface area (Å²) in [4.78, 5) is 26.9. The van der Waals surface area contributed by atoms with E-state index in [0.717, 1.165) is 22.4 Å². The summed E-state index contributed by atoms with van der Waals surface area (Å²) in [5.74, 6) is -0.432. The molecule has 3 rings (SSSR count). The molecule has 2 heterocycles. The van der Waals surface area contributed by atoms with E-state index in [4.69, 9.17) is 9.47 Å². The van der Waals surface area contributed by atoms with Crippen LogP contribution in [0.25, 0.3) is 6.08 Å². The lowest BCUT2D eigenvalue weighted by molar-refractivity contribution is -0.278. The van der Waals surface area contributed by atoms with Gasteiger partial charge in [0.05, 0.1) is 6.61 Å². The van der Waals surface area contributed by atoms with E-state index in [2.05, 4.69) is 20.8 Å². The molecule has 0 spiro atoms. The van der Waals surface area contributed by atoms with Crippen LogP contribution in [0, 0.1) is 0 Å². The summed E-state index contributed by atoms with van der Waals surface area (Å²) in [7, 11) is 3.83. The summed E-state index contributed by atoms with van der Waals surface area (Å²) in [6, 6.07) is 7.50. The van der Waals surface area contributed by atoms with Crippen molar-refractivity contribution in [3.05, 3.63) is 52.7 Å². The Hall–Kier alpha value is -3.33. The van der Waals surface area contributed by atoms with Crippen LogP contribution in [0.5, 0.6) is 5.88 Å². The van der Waals surface area contributed by atoms with Gasteiger partial charge < -0.3 is 45.4 Å². The van der Waals surface area contributed by atoms with Gasteiger partial charge >= 0.3 is 0 Å². The molecule has 0 radical (unpaired) electrons. The minimum atomic E-state index is -1.57. The normalized spacial score (nSPS) is 22.7. The molecule has 43 heavy (non-hydrogen) atoms. The number of rotatable bonds is 13. The lowest BCUT2D eigenvalue weighted by Gasteiger charge is -2.39. The van der Waals surface area contributed by atoms with Crippen LogP contribution >= 0.6 is 0 Å². The number of carbonyl (C=O) groups excluding carboxylic acids is 2. The van der Waals surface area contributed by atoms with E-state index in [0.29, 0.717) is 19.5 Å². The Morgan fingerprint density at radius 3 is 2.42 bits per heavy atom. The highest BCUT2D eigenvalue weighted by Crippen LogP contribution is 2.31. The van der Waals surface area contributed by atoms with Crippen molar-refractivity contribution in [2.24, 2.45) is 0 Å². The molecule has 0 unspecified atom stereocenters. The molecule has 13 nitrogen and oxygen atoms in total. The molecule has 13 heteroatoms. The third-order valence-corrected chi connectivity index (χ3v) is 7.15. The smallest absolute Gasteiger partial charge is 0.245 e. The molecule has 5 atom stereocenters. The van der Waals surface area contributed by atoms with Crippen LogP contribution in [-0.2, 0) is 20.7 Å². The van der Waals surface area contributed by atoms with E-state index in [-0.39, 0.29) is 17.7 Å². The van der Waals surface area contributed by atoms with E-state index < -0.39 is 48.8 Å². The molecular formula is C30H45N5O8. The van der Waals surface area contributed by atoms with Gasteiger partial charge in [0.2, 0.25) is 24.0 Å². The van der Waals surface area contributed by atoms with Gasteiger partial charge in [-0.25, -0.2) is 0 Å². The lowest BCUT2D eigenvalue weighted by Crippen LogP contribution is -2.60. The average Bonchev–Trinajstić information content (AvgIpc) is 3.34. The number of hydrogen-bond donors (Lipinski definition) is 7. The number of hydrogen-bond acceptors (Lipinski definition) is 10. The summed E-state index contributed by atoms with van der Waals surface area (Å²) in [5, 5.41) is 52.8. The van der Waals surface area contributed by atoms with Crippen LogP contribution in [0.1, 0.15) is 56.0 Å². The maximum Gasteiger partial charge on any atom is 0.245 e. The molecule has 0 bridgehead atoms. The predicted molar refractivity (Wildman–Crippen MR) is 159 cm³/mol. The number of amides is 2. The second-order valence-electron chi connectivity index (χ2n) is 11.8. The number of aromatic amines is 1. The van der Waals surface area contributed by atoms with Gasteiger partial charge in [-0.3, -0.25) is 14.7 Å². The van der Waals surface area contributed by atoms with Crippen molar-refractivity contribution < 1.29 is 39.5 Å². The number of carbonyl (C=O) groups is 2. The summed E-state index contributed by atoms with van der Waals surface area (Å²) < 4.78 is 11.3. The zero-order valence-electron chi connectivity index (χ0n) is 25.6. The molecule has 238 valence electrons. The van der Waals surface area contributed by atoms with Crippen molar-refractivity contribution in [3.8, 4) is 5.88 Å². The Kier molecular flexibility index (Phi) is 11.8. The molecule has 0 saturated carbocycles. The van der Waals surface area contributed by atoms with Gasteiger partial charge in [0.1, 0.15) is 30.0 Å². The predicted octanol–water partition coefficient (Wildman–Crippen LogP) is -0.112. The number of benzene rings is 1. The Morgan fingerprint density at radius 2 is 1.81 bits per heavy atom. The van der Waals surface area contributed by atoms with E-state index in [1.807, 2.05) is 57.1 Å². The summed E-state index contributed by atoms with van der Waals surface area (Å²) >= 11 is 0. The molecule has 1 fully saturated rings. The molecule has 2 amide bonds. The summed E-state index contributed by atoms with van der Waals surface area (Å²) in [5.41, 5.74) is 2.15.